The normalized spacial score (nSPS) is 17.0. The summed E-state index contributed by atoms with van der Waals surface area (Å²) in [6.07, 6.45) is 0.592. The summed E-state index contributed by atoms with van der Waals surface area (Å²) in [4.78, 5) is 29.8. The third-order valence-electron chi connectivity index (χ3n) is 6.01. The van der Waals surface area contributed by atoms with E-state index in [2.05, 4.69) is 0 Å². The fraction of sp³-hybridized carbons (Fsp3) is 0.385. The monoisotopic (exact) mass is 500 g/mol. The van der Waals surface area contributed by atoms with Gasteiger partial charge in [-0.25, -0.2) is 0 Å². The number of rotatable bonds is 10. The van der Waals surface area contributed by atoms with Crippen LogP contribution in [0, 0.1) is 0 Å². The van der Waals surface area contributed by atoms with Crippen molar-refractivity contribution in [2.24, 2.45) is 0 Å². The molecule has 0 aliphatic carbocycles. The number of hydrogen-bond donors (Lipinski definition) is 2. The number of phenols is 1. The van der Waals surface area contributed by atoms with Gasteiger partial charge in [-0.3, -0.25) is 9.59 Å². The molecule has 10 nitrogen and oxygen atoms in total. The first-order chi connectivity index (χ1) is 17.2. The Labute approximate surface area is 210 Å². The number of Topliss-reactive ketones (excluding diaryl/α,β-unsaturated/α-hetero) is 1. The smallest absolute Gasteiger partial charge is 0.295 e. The van der Waals surface area contributed by atoms with Crippen LogP contribution in [0.5, 0.6) is 28.7 Å². The molecule has 2 N–H and O–H groups in total. The first kappa shape index (κ1) is 26.7. The molecule has 1 aliphatic heterocycles. The number of carbonyl (C=O) groups excluding carboxylic acids is 2. The SMILES string of the molecule is COc1ccc(C(O)=C2C(=O)C(=O)N(CCCN(C)C)[C@H]2c2cc(OC)c(OC)c(OC)c2)c(O)c1. The number of aromatic hydroxyl groups is 1. The number of ketones is 1. The van der Waals surface area contributed by atoms with Crippen molar-refractivity contribution in [3.63, 3.8) is 0 Å². The highest BCUT2D eigenvalue weighted by Gasteiger charge is 2.46. The van der Waals surface area contributed by atoms with Crippen LogP contribution in [0.1, 0.15) is 23.6 Å². The molecule has 36 heavy (non-hydrogen) atoms. The fourth-order valence-electron chi connectivity index (χ4n) is 4.26. The molecule has 1 saturated heterocycles. The van der Waals surface area contributed by atoms with E-state index in [0.29, 0.717) is 41.5 Å². The predicted molar refractivity (Wildman–Crippen MR) is 133 cm³/mol. The molecule has 1 amide bonds. The number of likely N-dealkylation sites (tertiary alicyclic amines) is 1. The number of phenolic OH excluding ortho intramolecular Hbond substituents is 1. The molecule has 0 unspecified atom stereocenters. The van der Waals surface area contributed by atoms with Crippen LogP contribution in [0.25, 0.3) is 5.76 Å². The lowest BCUT2D eigenvalue weighted by atomic mass is 9.94. The van der Waals surface area contributed by atoms with E-state index in [0.717, 1.165) is 0 Å². The van der Waals surface area contributed by atoms with Crippen molar-refractivity contribution in [2.45, 2.75) is 12.5 Å². The highest BCUT2D eigenvalue weighted by molar-refractivity contribution is 6.46. The molecule has 1 fully saturated rings. The van der Waals surface area contributed by atoms with E-state index in [9.17, 15) is 19.8 Å². The molecule has 0 aromatic heterocycles. The van der Waals surface area contributed by atoms with E-state index in [1.54, 1.807) is 12.1 Å². The number of carbonyl (C=O) groups is 2. The molecule has 0 radical (unpaired) electrons. The third kappa shape index (κ3) is 5.03. The van der Waals surface area contributed by atoms with E-state index < -0.39 is 23.5 Å². The summed E-state index contributed by atoms with van der Waals surface area (Å²) < 4.78 is 21.5. The zero-order chi connectivity index (χ0) is 26.6. The average Bonchev–Trinajstić information content (AvgIpc) is 3.12. The maximum atomic E-state index is 13.3. The molecular weight excluding hydrogens is 468 g/mol. The highest BCUT2D eigenvalue weighted by Crippen LogP contribution is 2.46. The van der Waals surface area contributed by atoms with Gasteiger partial charge in [0.1, 0.15) is 17.3 Å². The van der Waals surface area contributed by atoms with Gasteiger partial charge in [-0.05, 0) is 56.9 Å². The van der Waals surface area contributed by atoms with Crippen LogP contribution in [0.3, 0.4) is 0 Å². The Kier molecular flexibility index (Phi) is 8.31. The zero-order valence-corrected chi connectivity index (χ0v) is 21.3. The van der Waals surface area contributed by atoms with Gasteiger partial charge in [-0.1, -0.05) is 0 Å². The number of hydrogen-bond acceptors (Lipinski definition) is 9. The standard InChI is InChI=1S/C26H32N2O8/c1-27(2)10-7-11-28-22(15-12-19(34-4)25(36-6)20(13-15)35-5)21(24(31)26(28)32)23(30)17-9-8-16(33-3)14-18(17)29/h8-9,12-14,22,29-30H,7,10-11H2,1-6H3/t22-/m0/s1. The number of amides is 1. The maximum Gasteiger partial charge on any atom is 0.295 e. The first-order valence-corrected chi connectivity index (χ1v) is 11.3. The Balaban J connectivity index is 2.24. The maximum absolute atomic E-state index is 13.3. The van der Waals surface area contributed by atoms with Crippen LogP contribution in [-0.4, -0.2) is 87.3 Å². The molecule has 1 heterocycles. The molecule has 2 aromatic rings. The number of benzene rings is 2. The van der Waals surface area contributed by atoms with Gasteiger partial charge < -0.3 is 39.0 Å². The van der Waals surface area contributed by atoms with Crippen molar-refractivity contribution in [3.05, 3.63) is 47.0 Å². The van der Waals surface area contributed by atoms with E-state index in [-0.39, 0.29) is 23.4 Å². The molecular formula is C26H32N2O8. The highest BCUT2D eigenvalue weighted by atomic mass is 16.5. The van der Waals surface area contributed by atoms with Crippen molar-refractivity contribution >= 4 is 17.4 Å². The van der Waals surface area contributed by atoms with E-state index in [4.69, 9.17) is 18.9 Å². The van der Waals surface area contributed by atoms with Crippen molar-refractivity contribution in [3.8, 4) is 28.7 Å². The van der Waals surface area contributed by atoms with Gasteiger partial charge >= 0.3 is 0 Å². The summed E-state index contributed by atoms with van der Waals surface area (Å²) in [5.41, 5.74) is 0.322. The third-order valence-corrected chi connectivity index (χ3v) is 6.01. The van der Waals surface area contributed by atoms with Crippen molar-refractivity contribution in [2.75, 3.05) is 55.6 Å². The van der Waals surface area contributed by atoms with Crippen molar-refractivity contribution in [1.82, 2.24) is 9.80 Å². The van der Waals surface area contributed by atoms with Crippen LogP contribution in [0.2, 0.25) is 0 Å². The van der Waals surface area contributed by atoms with Crippen LogP contribution in [0.15, 0.2) is 35.9 Å². The average molecular weight is 501 g/mol. The quantitative estimate of drug-likeness (QED) is 0.288. The number of ether oxygens (including phenoxy) is 4. The van der Waals surface area contributed by atoms with Gasteiger partial charge in [0.15, 0.2) is 11.5 Å². The summed E-state index contributed by atoms with van der Waals surface area (Å²) in [5.74, 6) is -1.02. The second kappa shape index (κ2) is 11.2. The van der Waals surface area contributed by atoms with Crippen molar-refractivity contribution < 1.29 is 38.7 Å². The first-order valence-electron chi connectivity index (χ1n) is 11.3. The minimum Gasteiger partial charge on any atom is -0.507 e. The molecule has 1 atom stereocenters. The molecule has 1 aliphatic rings. The summed E-state index contributed by atoms with van der Waals surface area (Å²) >= 11 is 0. The molecule has 0 bridgehead atoms. The van der Waals surface area contributed by atoms with Gasteiger partial charge in [0.25, 0.3) is 11.7 Å². The van der Waals surface area contributed by atoms with E-state index in [1.165, 1.54) is 51.5 Å². The Morgan fingerprint density at radius 1 is 0.972 bits per heavy atom. The molecule has 194 valence electrons. The topological polar surface area (TPSA) is 118 Å². The summed E-state index contributed by atoms with van der Waals surface area (Å²) in [7, 11) is 9.67. The lowest BCUT2D eigenvalue weighted by Crippen LogP contribution is -2.32. The second-order valence-electron chi connectivity index (χ2n) is 8.49. The Morgan fingerprint density at radius 2 is 1.61 bits per heavy atom. The summed E-state index contributed by atoms with van der Waals surface area (Å²) in [6, 6.07) is 6.60. The van der Waals surface area contributed by atoms with Gasteiger partial charge in [-0.2, -0.15) is 0 Å². The largest absolute Gasteiger partial charge is 0.507 e. The van der Waals surface area contributed by atoms with Crippen LogP contribution < -0.4 is 18.9 Å². The lowest BCUT2D eigenvalue weighted by Gasteiger charge is -2.27. The molecule has 2 aromatic carbocycles. The van der Waals surface area contributed by atoms with Crippen molar-refractivity contribution in [1.29, 1.82) is 0 Å². The Hall–Kier alpha value is -3.92. The van der Waals surface area contributed by atoms with Gasteiger partial charge in [0.2, 0.25) is 5.75 Å². The summed E-state index contributed by atoms with van der Waals surface area (Å²) in [6.45, 7) is 0.944. The van der Waals surface area contributed by atoms with Gasteiger partial charge in [0.05, 0.1) is 45.6 Å². The number of aliphatic hydroxyl groups excluding tert-OH is 1. The van der Waals surface area contributed by atoms with Crippen LogP contribution in [-0.2, 0) is 9.59 Å². The minimum absolute atomic E-state index is 0.000432. The Bertz CT molecular complexity index is 1150. The van der Waals surface area contributed by atoms with E-state index >= 15 is 0 Å². The predicted octanol–water partition coefficient (Wildman–Crippen LogP) is 2.80. The number of aliphatic hydroxyl groups is 1. The lowest BCUT2D eigenvalue weighted by molar-refractivity contribution is -0.139. The van der Waals surface area contributed by atoms with E-state index in [1.807, 2.05) is 19.0 Å². The molecule has 3 rings (SSSR count). The fourth-order valence-corrected chi connectivity index (χ4v) is 4.26. The second-order valence-corrected chi connectivity index (χ2v) is 8.49. The van der Waals surface area contributed by atoms with Crippen LogP contribution >= 0.6 is 0 Å². The molecule has 10 heteroatoms. The summed E-state index contributed by atoms with van der Waals surface area (Å²) in [5, 5.41) is 21.8. The van der Waals surface area contributed by atoms with Gasteiger partial charge in [0, 0.05) is 12.6 Å². The number of methoxy groups -OCH3 is 4. The number of nitrogens with zero attached hydrogens (tertiary/aromatic N) is 2. The minimum atomic E-state index is -0.956. The molecule has 0 spiro atoms. The van der Waals surface area contributed by atoms with Gasteiger partial charge in [-0.15, -0.1) is 0 Å². The van der Waals surface area contributed by atoms with Crippen LogP contribution in [0.4, 0.5) is 0 Å². The molecule has 0 saturated carbocycles. The zero-order valence-electron chi connectivity index (χ0n) is 21.3. The Morgan fingerprint density at radius 3 is 2.11 bits per heavy atom.